The zero-order chi connectivity index (χ0) is 14.1. The second-order valence-corrected chi connectivity index (χ2v) is 5.38. The van der Waals surface area contributed by atoms with E-state index in [-0.39, 0.29) is 6.04 Å². The van der Waals surface area contributed by atoms with E-state index in [1.54, 1.807) is 0 Å². The zero-order valence-electron chi connectivity index (χ0n) is 11.3. The molecule has 20 heavy (non-hydrogen) atoms. The summed E-state index contributed by atoms with van der Waals surface area (Å²) in [5.74, 6) is 0.985. The molecule has 0 saturated heterocycles. The Morgan fingerprint density at radius 3 is 2.75 bits per heavy atom. The Labute approximate surface area is 123 Å². The third-order valence-electron chi connectivity index (χ3n) is 3.56. The molecule has 0 fully saturated rings. The first kappa shape index (κ1) is 13.2. The van der Waals surface area contributed by atoms with Crippen LogP contribution < -0.4 is 5.73 Å². The first-order valence-corrected chi connectivity index (χ1v) is 6.94. The van der Waals surface area contributed by atoms with E-state index in [2.05, 4.69) is 15.6 Å². The molecule has 0 aliphatic carbocycles. The van der Waals surface area contributed by atoms with Gasteiger partial charge in [0.15, 0.2) is 0 Å². The molecule has 1 atom stereocenters. The molecule has 2 N–H and O–H groups in total. The fourth-order valence-electron chi connectivity index (χ4n) is 2.43. The van der Waals surface area contributed by atoms with Crippen molar-refractivity contribution in [1.29, 1.82) is 0 Å². The standard InChI is InChI=1S/C16H16ClN3/c1-20-15-8-3-2-7-14(15)19-16(20)10-13(18)11-5-4-6-12(17)9-11/h2-9,13H,10,18H2,1H3. The number of hydrogen-bond donors (Lipinski definition) is 1. The van der Waals surface area contributed by atoms with Crippen molar-refractivity contribution in [3.8, 4) is 0 Å². The van der Waals surface area contributed by atoms with Gasteiger partial charge >= 0.3 is 0 Å². The first-order chi connectivity index (χ1) is 9.65. The summed E-state index contributed by atoms with van der Waals surface area (Å²) in [4.78, 5) is 4.65. The summed E-state index contributed by atoms with van der Waals surface area (Å²) in [5, 5.41) is 0.711. The van der Waals surface area contributed by atoms with E-state index < -0.39 is 0 Å². The number of imidazole rings is 1. The number of hydrogen-bond acceptors (Lipinski definition) is 2. The smallest absolute Gasteiger partial charge is 0.111 e. The molecule has 3 nitrogen and oxygen atoms in total. The molecule has 1 heterocycles. The lowest BCUT2D eigenvalue weighted by molar-refractivity contribution is 0.665. The number of para-hydroxylation sites is 2. The summed E-state index contributed by atoms with van der Waals surface area (Å²) in [6.07, 6.45) is 0.686. The Balaban J connectivity index is 1.91. The zero-order valence-corrected chi connectivity index (χ0v) is 12.0. The van der Waals surface area contributed by atoms with Crippen molar-refractivity contribution in [2.24, 2.45) is 12.8 Å². The monoisotopic (exact) mass is 285 g/mol. The van der Waals surface area contributed by atoms with Gasteiger partial charge in [0, 0.05) is 24.5 Å². The van der Waals surface area contributed by atoms with Crippen LogP contribution in [0.3, 0.4) is 0 Å². The summed E-state index contributed by atoms with van der Waals surface area (Å²) in [6.45, 7) is 0. The molecule has 0 saturated carbocycles. The molecule has 0 amide bonds. The number of fused-ring (bicyclic) bond motifs is 1. The van der Waals surface area contributed by atoms with Gasteiger partial charge < -0.3 is 10.3 Å². The molecule has 102 valence electrons. The van der Waals surface area contributed by atoms with Crippen LogP contribution in [-0.2, 0) is 13.5 Å². The number of rotatable bonds is 3. The van der Waals surface area contributed by atoms with E-state index >= 15 is 0 Å². The highest BCUT2D eigenvalue weighted by atomic mass is 35.5. The van der Waals surface area contributed by atoms with E-state index in [1.165, 1.54) is 0 Å². The van der Waals surface area contributed by atoms with Gasteiger partial charge in [-0.15, -0.1) is 0 Å². The summed E-state index contributed by atoms with van der Waals surface area (Å²) >= 11 is 6.01. The number of nitrogens with zero attached hydrogens (tertiary/aromatic N) is 2. The van der Waals surface area contributed by atoms with Gasteiger partial charge in [-0.1, -0.05) is 35.9 Å². The molecule has 3 rings (SSSR count). The summed E-state index contributed by atoms with van der Waals surface area (Å²) in [6, 6.07) is 15.7. The fraction of sp³-hybridized carbons (Fsp3) is 0.188. The Bertz CT molecular complexity index is 748. The summed E-state index contributed by atoms with van der Waals surface area (Å²) < 4.78 is 2.10. The van der Waals surface area contributed by atoms with Gasteiger partial charge in [-0.3, -0.25) is 0 Å². The molecule has 0 aliphatic heterocycles. The van der Waals surface area contributed by atoms with Gasteiger partial charge in [0.2, 0.25) is 0 Å². The van der Waals surface area contributed by atoms with Crippen LogP contribution in [0, 0.1) is 0 Å². The Hall–Kier alpha value is -1.84. The molecule has 0 spiro atoms. The topological polar surface area (TPSA) is 43.8 Å². The van der Waals surface area contributed by atoms with Crippen molar-refractivity contribution in [2.75, 3.05) is 0 Å². The van der Waals surface area contributed by atoms with Crippen LogP contribution in [0.5, 0.6) is 0 Å². The summed E-state index contributed by atoms with van der Waals surface area (Å²) in [5.41, 5.74) is 9.44. The highest BCUT2D eigenvalue weighted by Gasteiger charge is 2.13. The number of nitrogens with two attached hydrogens (primary N) is 1. The van der Waals surface area contributed by atoms with Crippen molar-refractivity contribution >= 4 is 22.6 Å². The van der Waals surface area contributed by atoms with Crippen LogP contribution in [0.15, 0.2) is 48.5 Å². The SMILES string of the molecule is Cn1c(CC(N)c2cccc(Cl)c2)nc2ccccc21. The molecular formula is C16H16ClN3. The van der Waals surface area contributed by atoms with Crippen LogP contribution in [0.4, 0.5) is 0 Å². The lowest BCUT2D eigenvalue weighted by Gasteiger charge is -2.12. The second kappa shape index (κ2) is 5.27. The normalized spacial score (nSPS) is 12.8. The number of halogens is 1. The van der Waals surface area contributed by atoms with Gasteiger partial charge in [0.1, 0.15) is 5.82 Å². The van der Waals surface area contributed by atoms with Crippen molar-refractivity contribution in [2.45, 2.75) is 12.5 Å². The largest absolute Gasteiger partial charge is 0.331 e. The van der Waals surface area contributed by atoms with Crippen LogP contribution in [-0.4, -0.2) is 9.55 Å². The van der Waals surface area contributed by atoms with Gasteiger partial charge in [0.05, 0.1) is 11.0 Å². The molecule has 1 aromatic heterocycles. The second-order valence-electron chi connectivity index (χ2n) is 4.94. The van der Waals surface area contributed by atoms with E-state index in [0.717, 1.165) is 22.4 Å². The molecule has 0 aliphatic rings. The minimum absolute atomic E-state index is 0.107. The molecule has 4 heteroatoms. The van der Waals surface area contributed by atoms with Crippen LogP contribution in [0.25, 0.3) is 11.0 Å². The molecule has 0 bridgehead atoms. The Kier molecular flexibility index (Phi) is 3.47. The van der Waals surface area contributed by atoms with Gasteiger partial charge in [-0.25, -0.2) is 4.98 Å². The minimum atomic E-state index is -0.107. The predicted octanol–water partition coefficient (Wildman–Crippen LogP) is 3.47. The maximum Gasteiger partial charge on any atom is 0.111 e. The van der Waals surface area contributed by atoms with Crippen molar-refractivity contribution in [3.05, 3.63) is 64.9 Å². The van der Waals surface area contributed by atoms with E-state index in [9.17, 15) is 0 Å². The van der Waals surface area contributed by atoms with Crippen molar-refractivity contribution < 1.29 is 0 Å². The third-order valence-corrected chi connectivity index (χ3v) is 3.79. The first-order valence-electron chi connectivity index (χ1n) is 6.56. The maximum absolute atomic E-state index is 6.27. The number of benzene rings is 2. The Morgan fingerprint density at radius 1 is 1.20 bits per heavy atom. The van der Waals surface area contributed by atoms with E-state index in [4.69, 9.17) is 17.3 Å². The lowest BCUT2D eigenvalue weighted by Crippen LogP contribution is -2.15. The fourth-order valence-corrected chi connectivity index (χ4v) is 2.63. The maximum atomic E-state index is 6.27. The summed E-state index contributed by atoms with van der Waals surface area (Å²) in [7, 11) is 2.02. The highest BCUT2D eigenvalue weighted by Crippen LogP contribution is 2.21. The van der Waals surface area contributed by atoms with Crippen molar-refractivity contribution in [3.63, 3.8) is 0 Å². The van der Waals surface area contributed by atoms with Gasteiger partial charge in [-0.2, -0.15) is 0 Å². The average Bonchev–Trinajstić information content (AvgIpc) is 2.76. The quantitative estimate of drug-likeness (QED) is 0.801. The van der Waals surface area contributed by atoms with E-state index in [0.29, 0.717) is 11.4 Å². The van der Waals surface area contributed by atoms with Crippen LogP contribution in [0.2, 0.25) is 5.02 Å². The van der Waals surface area contributed by atoms with E-state index in [1.807, 2.05) is 49.5 Å². The van der Waals surface area contributed by atoms with Crippen LogP contribution in [0.1, 0.15) is 17.4 Å². The molecular weight excluding hydrogens is 270 g/mol. The lowest BCUT2D eigenvalue weighted by atomic mass is 10.0. The molecule has 3 aromatic rings. The van der Waals surface area contributed by atoms with Gasteiger partial charge in [-0.05, 0) is 29.8 Å². The Morgan fingerprint density at radius 2 is 2.00 bits per heavy atom. The number of aryl methyl sites for hydroxylation is 1. The molecule has 1 unspecified atom stereocenters. The van der Waals surface area contributed by atoms with Crippen molar-refractivity contribution in [1.82, 2.24) is 9.55 Å². The molecule has 0 radical (unpaired) electrons. The third kappa shape index (κ3) is 2.42. The highest BCUT2D eigenvalue weighted by molar-refractivity contribution is 6.30. The molecule has 2 aromatic carbocycles. The van der Waals surface area contributed by atoms with Crippen LogP contribution >= 0.6 is 11.6 Å². The number of aromatic nitrogens is 2. The average molecular weight is 286 g/mol. The minimum Gasteiger partial charge on any atom is -0.331 e. The predicted molar refractivity (Wildman–Crippen MR) is 82.8 cm³/mol. The van der Waals surface area contributed by atoms with Gasteiger partial charge in [0.25, 0.3) is 0 Å².